The summed E-state index contributed by atoms with van der Waals surface area (Å²) in [6.45, 7) is 5.84. The molecule has 4 heteroatoms. The van der Waals surface area contributed by atoms with Crippen molar-refractivity contribution >= 4 is 11.5 Å². The molecule has 1 aliphatic carbocycles. The highest BCUT2D eigenvalue weighted by Crippen LogP contribution is 2.29. The summed E-state index contributed by atoms with van der Waals surface area (Å²) in [6.07, 6.45) is 12.7. The van der Waals surface area contributed by atoms with Crippen LogP contribution in [0.3, 0.4) is 0 Å². The molecule has 20 heavy (non-hydrogen) atoms. The van der Waals surface area contributed by atoms with Gasteiger partial charge in [0.05, 0.1) is 0 Å². The molecule has 110 valence electrons. The van der Waals surface area contributed by atoms with E-state index in [0.29, 0.717) is 5.70 Å². The van der Waals surface area contributed by atoms with Gasteiger partial charge in [-0.25, -0.2) is 9.67 Å². The first-order valence-corrected chi connectivity index (χ1v) is 7.58. The molecule has 0 unspecified atom stereocenters. The number of allylic oxidation sites excluding steroid dienone is 2. The van der Waals surface area contributed by atoms with Gasteiger partial charge in [-0.05, 0) is 12.3 Å². The summed E-state index contributed by atoms with van der Waals surface area (Å²) in [5, 5.41) is 4.13. The number of rotatable bonds is 4. The Kier molecular flexibility index (Phi) is 4.73. The Morgan fingerprint density at radius 3 is 2.55 bits per heavy atom. The molecule has 0 saturated heterocycles. The van der Waals surface area contributed by atoms with Gasteiger partial charge in [-0.1, -0.05) is 59.0 Å². The third kappa shape index (κ3) is 3.78. The van der Waals surface area contributed by atoms with Crippen molar-refractivity contribution in [2.75, 3.05) is 0 Å². The molecule has 1 aromatic rings. The first kappa shape index (κ1) is 14.9. The second-order valence-corrected chi connectivity index (χ2v) is 6.75. The van der Waals surface area contributed by atoms with Crippen LogP contribution < -0.4 is 0 Å². The highest BCUT2D eigenvalue weighted by molar-refractivity contribution is 6.17. The van der Waals surface area contributed by atoms with Crippen molar-refractivity contribution in [3.63, 3.8) is 0 Å². The van der Waals surface area contributed by atoms with Crippen molar-refractivity contribution in [2.24, 2.45) is 11.3 Å². The van der Waals surface area contributed by atoms with Crippen LogP contribution in [0.2, 0.25) is 0 Å². The van der Waals surface area contributed by atoms with Gasteiger partial charge >= 0.3 is 0 Å². The lowest BCUT2D eigenvalue weighted by Crippen LogP contribution is -2.24. The van der Waals surface area contributed by atoms with Crippen LogP contribution in [0.25, 0.3) is 5.70 Å². The van der Waals surface area contributed by atoms with Gasteiger partial charge in [-0.3, -0.25) is 4.79 Å². The molecular formula is C16H25N3O. The van der Waals surface area contributed by atoms with Crippen LogP contribution in [0.5, 0.6) is 0 Å². The molecular weight excluding hydrogens is 250 g/mol. The lowest BCUT2D eigenvalue weighted by molar-refractivity contribution is -0.120. The zero-order valence-corrected chi connectivity index (χ0v) is 12.8. The topological polar surface area (TPSA) is 47.8 Å². The minimum absolute atomic E-state index is 0.124. The Morgan fingerprint density at radius 1 is 1.30 bits per heavy atom. The second-order valence-electron chi connectivity index (χ2n) is 6.75. The molecule has 0 bridgehead atoms. The van der Waals surface area contributed by atoms with Gasteiger partial charge in [0.2, 0.25) is 0 Å². The maximum atomic E-state index is 12.6. The van der Waals surface area contributed by atoms with Crippen LogP contribution >= 0.6 is 0 Å². The van der Waals surface area contributed by atoms with Gasteiger partial charge in [0.25, 0.3) is 0 Å². The number of hydrogen-bond acceptors (Lipinski definition) is 3. The van der Waals surface area contributed by atoms with Crippen LogP contribution in [0.1, 0.15) is 59.3 Å². The molecule has 1 saturated carbocycles. The molecule has 1 fully saturated rings. The maximum Gasteiger partial charge on any atom is 0.186 e. The summed E-state index contributed by atoms with van der Waals surface area (Å²) in [6, 6.07) is 0. The van der Waals surface area contributed by atoms with E-state index in [4.69, 9.17) is 0 Å². The predicted molar refractivity (Wildman–Crippen MR) is 79.9 cm³/mol. The van der Waals surface area contributed by atoms with Gasteiger partial charge in [-0.15, -0.1) is 0 Å². The summed E-state index contributed by atoms with van der Waals surface area (Å²) in [5.41, 5.74) is 0.269. The van der Waals surface area contributed by atoms with Crippen molar-refractivity contribution in [2.45, 2.75) is 59.3 Å². The number of carbonyl (C=O) groups is 1. The van der Waals surface area contributed by atoms with E-state index in [2.05, 4.69) is 16.2 Å². The van der Waals surface area contributed by atoms with Crippen molar-refractivity contribution in [1.29, 1.82) is 0 Å². The van der Waals surface area contributed by atoms with Crippen molar-refractivity contribution in [1.82, 2.24) is 14.8 Å². The van der Waals surface area contributed by atoms with E-state index in [-0.39, 0.29) is 5.78 Å². The average molecular weight is 275 g/mol. The van der Waals surface area contributed by atoms with Gasteiger partial charge in [-0.2, -0.15) is 5.10 Å². The number of ketones is 1. The molecule has 1 aliphatic rings. The molecule has 0 aliphatic heterocycles. The molecule has 0 radical (unpaired) electrons. The number of nitrogens with zero attached hydrogens (tertiary/aromatic N) is 3. The third-order valence-corrected chi connectivity index (χ3v) is 3.95. The van der Waals surface area contributed by atoms with Crippen molar-refractivity contribution < 1.29 is 4.79 Å². The van der Waals surface area contributed by atoms with Crippen molar-refractivity contribution in [3.8, 4) is 0 Å². The Labute approximate surface area is 121 Å². The second kappa shape index (κ2) is 6.33. The monoisotopic (exact) mass is 275 g/mol. The first-order chi connectivity index (χ1) is 9.48. The summed E-state index contributed by atoms with van der Waals surface area (Å²) >= 11 is 0. The van der Waals surface area contributed by atoms with E-state index >= 15 is 0 Å². The van der Waals surface area contributed by atoms with Gasteiger partial charge < -0.3 is 0 Å². The number of carbonyl (C=O) groups excluding carboxylic acids is 1. The van der Waals surface area contributed by atoms with Gasteiger partial charge in [0.15, 0.2) is 5.78 Å². The number of aromatic nitrogens is 3. The standard InChI is InChI=1S/C16H25N3O/c1-16(2,3)15(20)14(19-12-17-11-18-19)10-9-13-7-5-4-6-8-13/h10-13H,4-9H2,1-3H3. The summed E-state index contributed by atoms with van der Waals surface area (Å²) in [5.74, 6) is 0.842. The molecule has 4 nitrogen and oxygen atoms in total. The Balaban J connectivity index is 2.16. The quantitative estimate of drug-likeness (QED) is 0.787. The number of Topliss-reactive ketones (excluding diaryl/α,β-unsaturated/α-hetero) is 1. The number of hydrogen-bond donors (Lipinski definition) is 0. The zero-order valence-electron chi connectivity index (χ0n) is 12.8. The van der Waals surface area contributed by atoms with E-state index in [0.717, 1.165) is 12.3 Å². The minimum Gasteiger partial charge on any atom is -0.292 e. The fourth-order valence-corrected chi connectivity index (χ4v) is 2.71. The summed E-state index contributed by atoms with van der Waals surface area (Å²) < 4.78 is 1.61. The Hall–Kier alpha value is -1.45. The summed E-state index contributed by atoms with van der Waals surface area (Å²) in [4.78, 5) is 16.5. The fourth-order valence-electron chi connectivity index (χ4n) is 2.71. The smallest absolute Gasteiger partial charge is 0.186 e. The van der Waals surface area contributed by atoms with E-state index in [1.165, 1.54) is 38.4 Å². The molecule has 0 amide bonds. The Morgan fingerprint density at radius 2 is 2.00 bits per heavy atom. The van der Waals surface area contributed by atoms with Crippen LogP contribution in [0.4, 0.5) is 0 Å². The van der Waals surface area contributed by atoms with E-state index in [9.17, 15) is 4.79 Å². The molecule has 0 N–H and O–H groups in total. The molecule has 2 rings (SSSR count). The molecule has 0 spiro atoms. The highest BCUT2D eigenvalue weighted by Gasteiger charge is 2.26. The summed E-state index contributed by atoms with van der Waals surface area (Å²) in [7, 11) is 0. The van der Waals surface area contributed by atoms with E-state index in [1.54, 1.807) is 11.0 Å². The zero-order chi connectivity index (χ0) is 14.6. The average Bonchev–Trinajstić information content (AvgIpc) is 2.93. The van der Waals surface area contributed by atoms with Crippen molar-refractivity contribution in [3.05, 3.63) is 18.7 Å². The fraction of sp³-hybridized carbons (Fsp3) is 0.688. The normalized spacial score (nSPS) is 18.2. The lowest BCUT2D eigenvalue weighted by atomic mass is 9.85. The van der Waals surface area contributed by atoms with Gasteiger partial charge in [0.1, 0.15) is 18.4 Å². The van der Waals surface area contributed by atoms with Crippen LogP contribution in [-0.4, -0.2) is 20.5 Å². The first-order valence-electron chi connectivity index (χ1n) is 7.58. The van der Waals surface area contributed by atoms with Crippen LogP contribution in [0.15, 0.2) is 18.7 Å². The lowest BCUT2D eigenvalue weighted by Gasteiger charge is -2.22. The largest absolute Gasteiger partial charge is 0.292 e. The van der Waals surface area contributed by atoms with E-state index < -0.39 is 5.41 Å². The Bertz CT molecular complexity index is 462. The van der Waals surface area contributed by atoms with Crippen LogP contribution in [0, 0.1) is 11.3 Å². The van der Waals surface area contributed by atoms with Crippen LogP contribution in [-0.2, 0) is 4.79 Å². The molecule has 0 atom stereocenters. The molecule has 0 aromatic carbocycles. The molecule has 1 heterocycles. The maximum absolute atomic E-state index is 12.6. The molecule has 1 aromatic heterocycles. The SMILES string of the molecule is CC(C)(C)C(=O)C(=CCC1CCCCC1)n1cncn1. The van der Waals surface area contributed by atoms with Gasteiger partial charge in [0, 0.05) is 5.41 Å². The highest BCUT2D eigenvalue weighted by atomic mass is 16.1. The predicted octanol–water partition coefficient (Wildman–Crippen LogP) is 3.70. The van der Waals surface area contributed by atoms with E-state index in [1.807, 2.05) is 20.8 Å². The third-order valence-electron chi connectivity index (χ3n) is 3.95. The minimum atomic E-state index is -0.398.